The minimum absolute atomic E-state index is 0.354. The summed E-state index contributed by atoms with van der Waals surface area (Å²) in [6.07, 6.45) is 1.48. The number of hydrogen-bond donors (Lipinski definition) is 1. The van der Waals surface area contributed by atoms with Crippen LogP contribution in [0.15, 0.2) is 0 Å². The zero-order valence-corrected chi connectivity index (χ0v) is 9.08. The minimum atomic E-state index is 0.354. The SMILES string of the molecule is CC1CN(CCOCCN)CCCO1. The first-order valence-electron chi connectivity index (χ1n) is 5.44. The van der Waals surface area contributed by atoms with Crippen LogP contribution in [0.25, 0.3) is 0 Å². The monoisotopic (exact) mass is 202 g/mol. The van der Waals surface area contributed by atoms with E-state index in [9.17, 15) is 0 Å². The van der Waals surface area contributed by atoms with Gasteiger partial charge in [-0.1, -0.05) is 0 Å². The lowest BCUT2D eigenvalue weighted by molar-refractivity contribution is 0.0593. The van der Waals surface area contributed by atoms with Gasteiger partial charge in [0.2, 0.25) is 0 Å². The summed E-state index contributed by atoms with van der Waals surface area (Å²) in [7, 11) is 0. The average molecular weight is 202 g/mol. The molecular formula is C10H22N2O2. The molecule has 1 atom stereocenters. The summed E-state index contributed by atoms with van der Waals surface area (Å²) in [5.74, 6) is 0. The normalized spacial score (nSPS) is 24.9. The molecule has 0 amide bonds. The molecular weight excluding hydrogens is 180 g/mol. The van der Waals surface area contributed by atoms with Crippen LogP contribution in [0.5, 0.6) is 0 Å². The third kappa shape index (κ3) is 4.91. The van der Waals surface area contributed by atoms with Gasteiger partial charge in [0.25, 0.3) is 0 Å². The molecule has 1 rings (SSSR count). The van der Waals surface area contributed by atoms with E-state index in [1.54, 1.807) is 0 Å². The Morgan fingerprint density at radius 2 is 2.36 bits per heavy atom. The zero-order valence-electron chi connectivity index (χ0n) is 9.08. The third-order valence-corrected chi connectivity index (χ3v) is 2.35. The van der Waals surface area contributed by atoms with Crippen molar-refractivity contribution in [2.75, 3.05) is 46.0 Å². The Hall–Kier alpha value is -0.160. The standard InChI is InChI=1S/C10H22N2O2/c1-10-9-12(4-2-6-14-10)5-8-13-7-3-11/h10H,2-9,11H2,1H3. The van der Waals surface area contributed by atoms with Gasteiger partial charge < -0.3 is 15.2 Å². The van der Waals surface area contributed by atoms with E-state index in [1.165, 1.54) is 0 Å². The Bertz CT molecular complexity index is 144. The first kappa shape index (κ1) is 11.9. The molecule has 0 aromatic heterocycles. The maximum absolute atomic E-state index is 5.56. The van der Waals surface area contributed by atoms with Crippen LogP contribution in [0.1, 0.15) is 13.3 Å². The molecule has 4 nitrogen and oxygen atoms in total. The molecule has 2 N–H and O–H groups in total. The fraction of sp³-hybridized carbons (Fsp3) is 1.00. The van der Waals surface area contributed by atoms with Crippen LogP contribution in [0.4, 0.5) is 0 Å². The van der Waals surface area contributed by atoms with Crippen molar-refractivity contribution in [1.82, 2.24) is 4.90 Å². The summed E-state index contributed by atoms with van der Waals surface area (Å²) in [5, 5.41) is 0. The van der Waals surface area contributed by atoms with Gasteiger partial charge in [-0.15, -0.1) is 0 Å². The summed E-state index contributed by atoms with van der Waals surface area (Å²) in [5.41, 5.74) is 5.34. The van der Waals surface area contributed by atoms with E-state index < -0.39 is 0 Å². The van der Waals surface area contributed by atoms with Crippen molar-refractivity contribution in [2.45, 2.75) is 19.4 Å². The molecule has 1 aliphatic heterocycles. The van der Waals surface area contributed by atoms with E-state index in [4.69, 9.17) is 15.2 Å². The van der Waals surface area contributed by atoms with Crippen LogP contribution >= 0.6 is 0 Å². The fourth-order valence-electron chi connectivity index (χ4n) is 1.66. The van der Waals surface area contributed by atoms with Crippen LogP contribution in [0.3, 0.4) is 0 Å². The minimum Gasteiger partial charge on any atom is -0.379 e. The lowest BCUT2D eigenvalue weighted by Crippen LogP contribution is -2.33. The Kier molecular flexibility index (Phi) is 6.10. The first-order chi connectivity index (χ1) is 6.83. The molecule has 4 heteroatoms. The molecule has 1 saturated heterocycles. The van der Waals surface area contributed by atoms with Gasteiger partial charge in [0.1, 0.15) is 0 Å². The van der Waals surface area contributed by atoms with Gasteiger partial charge in [-0.2, -0.15) is 0 Å². The van der Waals surface area contributed by atoms with E-state index in [-0.39, 0.29) is 0 Å². The topological polar surface area (TPSA) is 47.7 Å². The number of nitrogens with two attached hydrogens (primary N) is 1. The van der Waals surface area contributed by atoms with Gasteiger partial charge >= 0.3 is 0 Å². The molecule has 14 heavy (non-hydrogen) atoms. The Morgan fingerprint density at radius 3 is 3.14 bits per heavy atom. The number of nitrogens with zero attached hydrogens (tertiary/aromatic N) is 1. The number of hydrogen-bond acceptors (Lipinski definition) is 4. The Labute approximate surface area is 86.3 Å². The summed E-state index contributed by atoms with van der Waals surface area (Å²) >= 11 is 0. The van der Waals surface area contributed by atoms with E-state index in [0.717, 1.165) is 39.3 Å². The van der Waals surface area contributed by atoms with Crippen molar-refractivity contribution in [3.63, 3.8) is 0 Å². The number of ether oxygens (including phenoxy) is 2. The van der Waals surface area contributed by atoms with Gasteiger partial charge in [0.05, 0.1) is 19.3 Å². The molecule has 0 radical (unpaired) electrons. The van der Waals surface area contributed by atoms with Crippen molar-refractivity contribution >= 4 is 0 Å². The second kappa shape index (κ2) is 7.17. The molecule has 0 bridgehead atoms. The predicted molar refractivity (Wildman–Crippen MR) is 56.3 cm³/mol. The van der Waals surface area contributed by atoms with E-state index in [1.807, 2.05) is 0 Å². The van der Waals surface area contributed by atoms with Crippen molar-refractivity contribution in [3.05, 3.63) is 0 Å². The summed E-state index contributed by atoms with van der Waals surface area (Å²) in [6.45, 7) is 8.21. The fourth-order valence-corrected chi connectivity index (χ4v) is 1.66. The molecule has 1 unspecified atom stereocenters. The summed E-state index contributed by atoms with van der Waals surface area (Å²) in [6, 6.07) is 0. The average Bonchev–Trinajstić information content (AvgIpc) is 2.38. The molecule has 0 saturated carbocycles. The van der Waals surface area contributed by atoms with Crippen LogP contribution in [0.2, 0.25) is 0 Å². The van der Waals surface area contributed by atoms with Gasteiger partial charge in [0, 0.05) is 32.8 Å². The Balaban J connectivity index is 2.09. The van der Waals surface area contributed by atoms with Crippen molar-refractivity contribution in [3.8, 4) is 0 Å². The molecule has 0 spiro atoms. The second-order valence-corrected chi connectivity index (χ2v) is 3.74. The highest BCUT2D eigenvalue weighted by atomic mass is 16.5. The van der Waals surface area contributed by atoms with Crippen LogP contribution in [-0.4, -0.2) is 57.0 Å². The molecule has 0 aromatic rings. The molecule has 0 aliphatic carbocycles. The molecule has 84 valence electrons. The Morgan fingerprint density at radius 1 is 1.50 bits per heavy atom. The summed E-state index contributed by atoms with van der Waals surface area (Å²) in [4.78, 5) is 2.40. The third-order valence-electron chi connectivity index (χ3n) is 2.35. The van der Waals surface area contributed by atoms with Crippen LogP contribution < -0.4 is 5.73 Å². The zero-order chi connectivity index (χ0) is 10.2. The van der Waals surface area contributed by atoms with Crippen molar-refractivity contribution < 1.29 is 9.47 Å². The highest BCUT2D eigenvalue weighted by Gasteiger charge is 2.13. The van der Waals surface area contributed by atoms with Crippen LogP contribution in [-0.2, 0) is 9.47 Å². The van der Waals surface area contributed by atoms with Crippen LogP contribution in [0, 0.1) is 0 Å². The maximum atomic E-state index is 5.56. The van der Waals surface area contributed by atoms with Gasteiger partial charge in [-0.25, -0.2) is 0 Å². The highest BCUT2D eigenvalue weighted by Crippen LogP contribution is 2.04. The quantitative estimate of drug-likeness (QED) is 0.641. The lowest BCUT2D eigenvalue weighted by Gasteiger charge is -2.21. The van der Waals surface area contributed by atoms with E-state index in [2.05, 4.69) is 11.8 Å². The molecule has 1 heterocycles. The second-order valence-electron chi connectivity index (χ2n) is 3.74. The highest BCUT2D eigenvalue weighted by molar-refractivity contribution is 4.66. The lowest BCUT2D eigenvalue weighted by atomic mass is 10.3. The maximum Gasteiger partial charge on any atom is 0.0673 e. The van der Waals surface area contributed by atoms with Gasteiger partial charge in [-0.05, 0) is 13.3 Å². The predicted octanol–water partition coefficient (Wildman–Crippen LogP) is 0.0725. The summed E-state index contributed by atoms with van der Waals surface area (Å²) < 4.78 is 10.9. The molecule has 1 fully saturated rings. The number of rotatable bonds is 5. The van der Waals surface area contributed by atoms with Crippen molar-refractivity contribution in [2.24, 2.45) is 5.73 Å². The van der Waals surface area contributed by atoms with E-state index in [0.29, 0.717) is 19.3 Å². The molecule has 1 aliphatic rings. The molecule has 0 aromatic carbocycles. The first-order valence-corrected chi connectivity index (χ1v) is 5.44. The van der Waals surface area contributed by atoms with E-state index >= 15 is 0 Å². The van der Waals surface area contributed by atoms with Crippen molar-refractivity contribution in [1.29, 1.82) is 0 Å². The smallest absolute Gasteiger partial charge is 0.0673 e. The van der Waals surface area contributed by atoms with Gasteiger partial charge in [-0.3, -0.25) is 4.90 Å². The van der Waals surface area contributed by atoms with Gasteiger partial charge in [0.15, 0.2) is 0 Å². The largest absolute Gasteiger partial charge is 0.379 e.